The molecule has 1 N–H and O–H groups in total. The highest BCUT2D eigenvalue weighted by Gasteiger charge is 2.43. The Hall–Kier alpha value is -2.32. The first-order valence-electron chi connectivity index (χ1n) is 15.7. The first-order valence-corrected chi connectivity index (χ1v) is 15.7. The number of halogens is 1. The van der Waals surface area contributed by atoms with Crippen LogP contribution in [0.5, 0.6) is 0 Å². The molecule has 222 valence electrons. The van der Waals surface area contributed by atoms with E-state index in [1.54, 1.807) is 12.1 Å². The van der Waals surface area contributed by atoms with Gasteiger partial charge in [-0.1, -0.05) is 54.8 Å². The number of carboxylic acids is 1. The molecular formula is C34H45FN2O4. The molecule has 7 heteroatoms. The molecule has 0 spiro atoms. The Morgan fingerprint density at radius 1 is 1.02 bits per heavy atom. The molecule has 6 rings (SSSR count). The maximum atomic E-state index is 13.5. The molecule has 4 fully saturated rings. The van der Waals surface area contributed by atoms with Gasteiger partial charge >= 0.3 is 5.97 Å². The summed E-state index contributed by atoms with van der Waals surface area (Å²) in [6.45, 7) is 8.12. The van der Waals surface area contributed by atoms with Gasteiger partial charge in [-0.15, -0.1) is 0 Å². The van der Waals surface area contributed by atoms with Crippen molar-refractivity contribution in [3.8, 4) is 0 Å². The number of hydrogen-bond acceptors (Lipinski definition) is 5. The van der Waals surface area contributed by atoms with Gasteiger partial charge in [0.2, 0.25) is 0 Å². The molecule has 0 bridgehead atoms. The molecule has 0 radical (unpaired) electrons. The summed E-state index contributed by atoms with van der Waals surface area (Å²) in [7, 11) is 0. The molecule has 41 heavy (non-hydrogen) atoms. The topological polar surface area (TPSA) is 62.2 Å². The third-order valence-electron chi connectivity index (χ3n) is 10.0. The quantitative estimate of drug-likeness (QED) is 0.373. The SMILES string of the molecule is Cc1cccc(C2CN(C(CC3CC3)C(=O)O)CC2CN2CCC(CCC3(c4ccc(F)cc4)OCCO3)CC2)c1. The highest BCUT2D eigenvalue weighted by Crippen LogP contribution is 2.41. The van der Waals surface area contributed by atoms with Gasteiger partial charge in [0.15, 0.2) is 5.79 Å². The van der Waals surface area contributed by atoms with Crippen LogP contribution in [0.25, 0.3) is 0 Å². The number of likely N-dealkylation sites (tertiary alicyclic amines) is 2. The van der Waals surface area contributed by atoms with E-state index in [0.717, 1.165) is 70.4 Å². The van der Waals surface area contributed by atoms with Gasteiger partial charge in [0.1, 0.15) is 11.9 Å². The lowest BCUT2D eigenvalue weighted by molar-refractivity contribution is -0.173. The predicted octanol–water partition coefficient (Wildman–Crippen LogP) is 5.79. The Kier molecular flexibility index (Phi) is 8.78. The molecule has 1 saturated carbocycles. The minimum Gasteiger partial charge on any atom is -0.480 e. The van der Waals surface area contributed by atoms with Crippen LogP contribution < -0.4 is 0 Å². The zero-order valence-electron chi connectivity index (χ0n) is 24.3. The van der Waals surface area contributed by atoms with Crippen molar-refractivity contribution >= 4 is 5.97 Å². The van der Waals surface area contributed by atoms with Crippen LogP contribution in [-0.2, 0) is 20.1 Å². The number of carbonyl (C=O) groups is 1. The van der Waals surface area contributed by atoms with Crippen molar-refractivity contribution in [2.45, 2.75) is 69.6 Å². The van der Waals surface area contributed by atoms with Gasteiger partial charge < -0.3 is 19.5 Å². The predicted molar refractivity (Wildman–Crippen MR) is 156 cm³/mol. The van der Waals surface area contributed by atoms with E-state index in [9.17, 15) is 14.3 Å². The fraction of sp³-hybridized carbons (Fsp3) is 0.618. The Balaban J connectivity index is 1.07. The fourth-order valence-electron chi connectivity index (χ4n) is 7.50. The molecule has 4 aliphatic rings. The zero-order valence-corrected chi connectivity index (χ0v) is 24.3. The van der Waals surface area contributed by atoms with E-state index in [1.807, 2.05) is 0 Å². The fourth-order valence-corrected chi connectivity index (χ4v) is 7.50. The second-order valence-electron chi connectivity index (χ2n) is 13.0. The summed E-state index contributed by atoms with van der Waals surface area (Å²) in [5, 5.41) is 10.1. The Bertz CT molecular complexity index is 1170. The van der Waals surface area contributed by atoms with Crippen molar-refractivity contribution < 1.29 is 23.8 Å². The van der Waals surface area contributed by atoms with Crippen LogP contribution in [0, 0.1) is 30.5 Å². The molecule has 1 aliphatic carbocycles. The molecule has 2 aromatic rings. The van der Waals surface area contributed by atoms with Crippen molar-refractivity contribution in [2.24, 2.45) is 17.8 Å². The van der Waals surface area contributed by atoms with Gasteiger partial charge in [0.25, 0.3) is 0 Å². The maximum Gasteiger partial charge on any atom is 0.320 e. The standard InChI is InChI=1S/C34H45FN2O4/c1-24-3-2-4-27(19-24)31-23-37(32(33(38)39)20-26-5-6-26)22-28(31)21-36-15-12-25(13-16-36)11-14-34(40-17-18-41-34)29-7-9-30(35)10-8-29/h2-4,7-10,19,25-26,28,31-32H,5-6,11-18,20-23H2,1H3,(H,38,39). The van der Waals surface area contributed by atoms with Crippen LogP contribution in [0.15, 0.2) is 48.5 Å². The zero-order chi connectivity index (χ0) is 28.4. The molecule has 6 nitrogen and oxygen atoms in total. The highest BCUT2D eigenvalue weighted by atomic mass is 19.1. The molecule has 0 amide bonds. The van der Waals surface area contributed by atoms with Gasteiger partial charge in [-0.3, -0.25) is 9.69 Å². The van der Waals surface area contributed by atoms with E-state index in [0.29, 0.717) is 36.9 Å². The van der Waals surface area contributed by atoms with Gasteiger partial charge in [0, 0.05) is 37.5 Å². The maximum absolute atomic E-state index is 13.5. The molecule has 3 atom stereocenters. The number of hydrogen-bond donors (Lipinski definition) is 1. The van der Waals surface area contributed by atoms with Crippen molar-refractivity contribution in [2.75, 3.05) is 45.9 Å². The minimum atomic E-state index is -0.750. The smallest absolute Gasteiger partial charge is 0.320 e. The lowest BCUT2D eigenvalue weighted by Crippen LogP contribution is -2.42. The van der Waals surface area contributed by atoms with Crippen molar-refractivity contribution in [3.63, 3.8) is 0 Å². The number of carboxylic acid groups (broad SMARTS) is 1. The van der Waals surface area contributed by atoms with E-state index in [1.165, 1.54) is 36.1 Å². The van der Waals surface area contributed by atoms with E-state index < -0.39 is 11.8 Å². The van der Waals surface area contributed by atoms with Crippen LogP contribution >= 0.6 is 0 Å². The summed E-state index contributed by atoms with van der Waals surface area (Å²) in [6, 6.07) is 15.0. The summed E-state index contributed by atoms with van der Waals surface area (Å²) in [5.74, 6) is 0.339. The Morgan fingerprint density at radius 3 is 2.41 bits per heavy atom. The van der Waals surface area contributed by atoms with E-state index in [4.69, 9.17) is 9.47 Å². The van der Waals surface area contributed by atoms with Crippen LogP contribution in [0.1, 0.15) is 67.6 Å². The van der Waals surface area contributed by atoms with Gasteiger partial charge in [0.05, 0.1) is 13.2 Å². The monoisotopic (exact) mass is 564 g/mol. The third-order valence-corrected chi connectivity index (χ3v) is 10.0. The molecule has 3 saturated heterocycles. The van der Waals surface area contributed by atoms with Gasteiger partial charge in [-0.2, -0.15) is 0 Å². The van der Waals surface area contributed by atoms with Crippen LogP contribution in [0.3, 0.4) is 0 Å². The Morgan fingerprint density at radius 2 is 1.76 bits per heavy atom. The van der Waals surface area contributed by atoms with Crippen molar-refractivity contribution in [3.05, 3.63) is 71.0 Å². The summed E-state index contributed by atoms with van der Waals surface area (Å²) < 4.78 is 25.7. The minimum absolute atomic E-state index is 0.245. The molecular weight excluding hydrogens is 519 g/mol. The highest BCUT2D eigenvalue weighted by molar-refractivity contribution is 5.73. The molecule has 0 aromatic heterocycles. The average Bonchev–Trinajstić information content (AvgIpc) is 3.50. The average molecular weight is 565 g/mol. The van der Waals surface area contributed by atoms with E-state index in [2.05, 4.69) is 41.0 Å². The lowest BCUT2D eigenvalue weighted by atomic mass is 9.86. The second kappa shape index (κ2) is 12.5. The van der Waals surface area contributed by atoms with Crippen LogP contribution in [-0.4, -0.2) is 72.9 Å². The summed E-state index contributed by atoms with van der Waals surface area (Å²) in [6.07, 6.45) is 7.25. The van der Waals surface area contributed by atoms with Crippen LogP contribution in [0.4, 0.5) is 4.39 Å². The summed E-state index contributed by atoms with van der Waals surface area (Å²) in [5.41, 5.74) is 3.52. The first kappa shape index (κ1) is 28.8. The summed E-state index contributed by atoms with van der Waals surface area (Å²) >= 11 is 0. The summed E-state index contributed by atoms with van der Waals surface area (Å²) in [4.78, 5) is 17.2. The number of aliphatic carboxylic acids is 1. The van der Waals surface area contributed by atoms with Crippen molar-refractivity contribution in [1.82, 2.24) is 9.80 Å². The molecule has 3 unspecified atom stereocenters. The van der Waals surface area contributed by atoms with E-state index in [-0.39, 0.29) is 11.9 Å². The Labute approximate surface area is 243 Å². The number of nitrogens with zero attached hydrogens (tertiary/aromatic N) is 2. The van der Waals surface area contributed by atoms with Crippen LogP contribution in [0.2, 0.25) is 0 Å². The number of aryl methyl sites for hydroxylation is 1. The van der Waals surface area contributed by atoms with Gasteiger partial charge in [-0.05, 0) is 81.1 Å². The lowest BCUT2D eigenvalue weighted by Gasteiger charge is -2.36. The van der Waals surface area contributed by atoms with Crippen molar-refractivity contribution in [1.29, 1.82) is 0 Å². The third kappa shape index (κ3) is 6.85. The first-order chi connectivity index (χ1) is 19.9. The number of rotatable bonds is 11. The second-order valence-corrected chi connectivity index (χ2v) is 13.0. The van der Waals surface area contributed by atoms with Gasteiger partial charge in [-0.25, -0.2) is 4.39 Å². The number of ether oxygens (including phenoxy) is 2. The van der Waals surface area contributed by atoms with E-state index >= 15 is 0 Å². The molecule has 2 aromatic carbocycles. The molecule has 3 heterocycles. The number of benzene rings is 2. The normalized spacial score (nSPS) is 26.4. The molecule has 3 aliphatic heterocycles. The largest absolute Gasteiger partial charge is 0.480 e. The number of piperidine rings is 1.